The molecule has 4 aromatic rings. The molecular weight excluding hydrogens is 579 g/mol. The van der Waals surface area contributed by atoms with Crippen LogP contribution in [0.4, 0.5) is 11.6 Å². The average molecular weight is 612 g/mol. The van der Waals surface area contributed by atoms with Crippen LogP contribution in [0.1, 0.15) is 51.6 Å². The van der Waals surface area contributed by atoms with Crippen LogP contribution in [0.2, 0.25) is 5.02 Å². The summed E-state index contributed by atoms with van der Waals surface area (Å²) >= 11 is 6.34. The van der Waals surface area contributed by atoms with E-state index in [1.165, 1.54) is 18.2 Å². The third-order valence-corrected chi connectivity index (χ3v) is 7.42. The summed E-state index contributed by atoms with van der Waals surface area (Å²) in [6.07, 6.45) is 3.80. The zero-order chi connectivity index (χ0) is 28.9. The van der Waals surface area contributed by atoms with E-state index < -0.39 is 11.5 Å². The molecule has 0 spiro atoms. The van der Waals surface area contributed by atoms with Gasteiger partial charge in [-0.1, -0.05) is 41.9 Å². The van der Waals surface area contributed by atoms with Gasteiger partial charge >= 0.3 is 0 Å². The fraction of sp³-hybridized carbons (Fsp3) is 0.276. The molecule has 5 rings (SSSR count). The van der Waals surface area contributed by atoms with E-state index >= 15 is 0 Å². The van der Waals surface area contributed by atoms with E-state index in [4.69, 9.17) is 23.1 Å². The Hall–Kier alpha value is -4.03. The molecule has 11 nitrogen and oxygen atoms in total. The van der Waals surface area contributed by atoms with Crippen LogP contribution >= 0.6 is 24.0 Å². The average Bonchev–Trinajstić information content (AvgIpc) is 2.98. The molecule has 1 fully saturated rings. The fourth-order valence-corrected chi connectivity index (χ4v) is 4.94. The number of benzene rings is 2. The smallest absolute Gasteiger partial charge is 0.262 e. The molecule has 1 aliphatic heterocycles. The van der Waals surface area contributed by atoms with Crippen molar-refractivity contribution >= 4 is 58.5 Å². The lowest BCUT2D eigenvalue weighted by molar-refractivity contribution is 0.0934. The Morgan fingerprint density at radius 1 is 1.10 bits per heavy atom. The van der Waals surface area contributed by atoms with Gasteiger partial charge in [0.25, 0.3) is 17.4 Å². The molecule has 0 saturated carbocycles. The summed E-state index contributed by atoms with van der Waals surface area (Å²) in [6.45, 7) is 1.85. The Labute approximate surface area is 253 Å². The lowest BCUT2D eigenvalue weighted by Gasteiger charge is -2.30. The van der Waals surface area contributed by atoms with Crippen LogP contribution in [0.15, 0.2) is 65.6 Å². The first-order valence-electron chi connectivity index (χ1n) is 13.4. The van der Waals surface area contributed by atoms with E-state index in [9.17, 15) is 14.4 Å². The zero-order valence-corrected chi connectivity index (χ0v) is 24.3. The van der Waals surface area contributed by atoms with Crippen molar-refractivity contribution < 1.29 is 9.59 Å². The fourth-order valence-electron chi connectivity index (χ4n) is 4.77. The molecule has 1 aliphatic rings. The number of hydrogen-bond donors (Lipinski definition) is 5. The van der Waals surface area contributed by atoms with Gasteiger partial charge in [0.2, 0.25) is 5.95 Å². The van der Waals surface area contributed by atoms with E-state index in [-0.39, 0.29) is 52.2 Å². The van der Waals surface area contributed by atoms with Crippen LogP contribution < -0.4 is 32.6 Å². The van der Waals surface area contributed by atoms with Crippen molar-refractivity contribution in [1.82, 2.24) is 20.3 Å². The Kier molecular flexibility index (Phi) is 10.1. The highest BCUT2D eigenvalue weighted by atomic mass is 35.5. The number of hydrogen-bond acceptors (Lipinski definition) is 8. The minimum Gasteiger partial charge on any atom is -0.345 e. The van der Waals surface area contributed by atoms with Gasteiger partial charge in [-0.15, -0.1) is 12.4 Å². The van der Waals surface area contributed by atoms with Crippen LogP contribution in [0.3, 0.4) is 0 Å². The number of nitrogens with two attached hydrogens (primary N) is 2. The van der Waals surface area contributed by atoms with Crippen molar-refractivity contribution in [3.05, 3.63) is 92.9 Å². The van der Waals surface area contributed by atoms with Gasteiger partial charge in [0.1, 0.15) is 11.2 Å². The number of nitrogens with zero attached hydrogens (tertiary/aromatic N) is 3. The third-order valence-electron chi connectivity index (χ3n) is 7.09. The number of fused-ring (bicyclic) bond motifs is 1. The van der Waals surface area contributed by atoms with Gasteiger partial charge in [-0.2, -0.15) is 4.98 Å². The lowest BCUT2D eigenvalue weighted by atomic mass is 10.0. The molecule has 0 radical (unpaired) electrons. The van der Waals surface area contributed by atoms with Crippen LogP contribution in [-0.2, 0) is 0 Å². The third kappa shape index (κ3) is 7.05. The molecule has 3 heterocycles. The quantitative estimate of drug-likeness (QED) is 0.202. The number of halogens is 2. The number of anilines is 2. The minimum absolute atomic E-state index is 0. The number of carbonyl (C=O) groups is 2. The molecule has 2 amide bonds. The van der Waals surface area contributed by atoms with Gasteiger partial charge in [0, 0.05) is 36.3 Å². The summed E-state index contributed by atoms with van der Waals surface area (Å²) < 4.78 is 0. The summed E-state index contributed by atoms with van der Waals surface area (Å²) in [4.78, 5) is 52.7. The number of pyridine rings is 1. The van der Waals surface area contributed by atoms with Gasteiger partial charge in [0.15, 0.2) is 0 Å². The van der Waals surface area contributed by atoms with Crippen molar-refractivity contribution in [2.45, 2.75) is 31.3 Å². The molecule has 1 saturated heterocycles. The van der Waals surface area contributed by atoms with Gasteiger partial charge in [-0.05, 0) is 55.6 Å². The molecule has 2 aromatic carbocycles. The van der Waals surface area contributed by atoms with Gasteiger partial charge in [-0.25, -0.2) is 4.98 Å². The van der Waals surface area contributed by atoms with E-state index in [0.29, 0.717) is 29.9 Å². The number of aromatic amines is 1. The number of piperidine rings is 1. The second kappa shape index (κ2) is 13.8. The predicted molar refractivity (Wildman–Crippen MR) is 167 cm³/mol. The molecule has 1 atom stereocenters. The van der Waals surface area contributed by atoms with E-state index in [0.717, 1.165) is 31.5 Å². The standard InChI is InChI=1S/C29H31ClN8O3.ClH/c30-22-7-6-18(26(39)34-23(8-11-31)17-4-2-1-3-5-17)15-24(22)35-27(40)21-14-19-16-33-29(37-25(19)36-28(21)41)38-12-9-20(32)10-13-38;/h1-7,14-16,20,23H,8-13,31-32H2,(H,34,39)(H,35,40)(H,33,36,37,41);1H. The lowest BCUT2D eigenvalue weighted by Crippen LogP contribution is -2.40. The molecule has 1 unspecified atom stereocenters. The monoisotopic (exact) mass is 610 g/mol. The summed E-state index contributed by atoms with van der Waals surface area (Å²) in [5.41, 5.74) is 12.7. The summed E-state index contributed by atoms with van der Waals surface area (Å²) in [6, 6.07) is 15.4. The highest BCUT2D eigenvalue weighted by Crippen LogP contribution is 2.25. The SMILES string of the molecule is Cl.NCCC(NC(=O)c1ccc(Cl)c(NC(=O)c2cc3cnc(N4CCC(N)CC4)nc3[nH]c2=O)c1)c1ccccc1. The molecule has 220 valence electrons. The normalized spacial score (nSPS) is 14.2. The highest BCUT2D eigenvalue weighted by Gasteiger charge is 2.21. The molecule has 42 heavy (non-hydrogen) atoms. The van der Waals surface area contributed by atoms with Crippen LogP contribution in [0.25, 0.3) is 11.0 Å². The number of rotatable bonds is 8. The molecular formula is C29H32Cl2N8O3. The first-order valence-corrected chi connectivity index (χ1v) is 13.8. The molecule has 2 aromatic heterocycles. The maximum Gasteiger partial charge on any atom is 0.262 e. The first kappa shape index (κ1) is 30.9. The van der Waals surface area contributed by atoms with E-state index in [2.05, 4.69) is 25.6 Å². The van der Waals surface area contributed by atoms with E-state index in [1.54, 1.807) is 12.3 Å². The molecule has 0 bridgehead atoms. The van der Waals surface area contributed by atoms with Crippen molar-refractivity contribution in [3.8, 4) is 0 Å². The zero-order valence-electron chi connectivity index (χ0n) is 22.7. The topological polar surface area (TPSA) is 172 Å². The first-order chi connectivity index (χ1) is 19.8. The summed E-state index contributed by atoms with van der Waals surface area (Å²) in [5.74, 6) is -0.543. The molecule has 7 N–H and O–H groups in total. The van der Waals surface area contributed by atoms with Crippen molar-refractivity contribution in [2.24, 2.45) is 11.5 Å². The van der Waals surface area contributed by atoms with Crippen LogP contribution in [0.5, 0.6) is 0 Å². The molecule has 13 heteroatoms. The van der Waals surface area contributed by atoms with Gasteiger partial charge < -0.3 is 32.0 Å². The minimum atomic E-state index is -0.688. The molecule has 0 aliphatic carbocycles. The van der Waals surface area contributed by atoms with Crippen molar-refractivity contribution in [1.29, 1.82) is 0 Å². The summed E-state index contributed by atoms with van der Waals surface area (Å²) in [5, 5.41) is 6.35. The number of H-pyrrole nitrogens is 1. The number of amides is 2. The predicted octanol–water partition coefficient (Wildman–Crippen LogP) is 3.39. The van der Waals surface area contributed by atoms with Gasteiger partial charge in [0.05, 0.1) is 16.8 Å². The largest absolute Gasteiger partial charge is 0.345 e. The Morgan fingerprint density at radius 3 is 2.55 bits per heavy atom. The number of carbonyl (C=O) groups excluding carboxylic acids is 2. The van der Waals surface area contributed by atoms with E-state index in [1.807, 2.05) is 35.2 Å². The number of aromatic nitrogens is 3. The van der Waals surface area contributed by atoms with Crippen molar-refractivity contribution in [2.75, 3.05) is 29.9 Å². The Bertz CT molecular complexity index is 1620. The summed E-state index contributed by atoms with van der Waals surface area (Å²) in [7, 11) is 0. The maximum absolute atomic E-state index is 13.1. The second-order valence-electron chi connectivity index (χ2n) is 9.97. The van der Waals surface area contributed by atoms with Crippen LogP contribution in [-0.4, -0.2) is 52.4 Å². The Balaban J connectivity index is 0.00000405. The Morgan fingerprint density at radius 2 is 1.83 bits per heavy atom. The highest BCUT2D eigenvalue weighted by molar-refractivity contribution is 6.34. The van der Waals surface area contributed by atoms with Crippen molar-refractivity contribution in [3.63, 3.8) is 0 Å². The van der Waals surface area contributed by atoms with Gasteiger partial charge in [-0.3, -0.25) is 14.4 Å². The second-order valence-corrected chi connectivity index (χ2v) is 10.4. The number of nitrogens with one attached hydrogen (secondary N) is 3. The van der Waals surface area contributed by atoms with Crippen LogP contribution in [0, 0.1) is 0 Å². The maximum atomic E-state index is 13.1.